The molecule has 0 bridgehead atoms. The molecule has 1 aromatic rings. The second kappa shape index (κ2) is 3.81. The third-order valence-electron chi connectivity index (χ3n) is 3.16. The molecule has 0 fully saturated rings. The number of allylic oxidation sites excluding steroid dienone is 3. The van der Waals surface area contributed by atoms with Gasteiger partial charge in [0.25, 0.3) is 0 Å². The van der Waals surface area contributed by atoms with Gasteiger partial charge in [0.1, 0.15) is 0 Å². The number of fused-ring (bicyclic) bond motifs is 1. The van der Waals surface area contributed by atoms with Crippen molar-refractivity contribution in [3.8, 4) is 0 Å². The summed E-state index contributed by atoms with van der Waals surface area (Å²) in [5, 5.41) is 0. The van der Waals surface area contributed by atoms with E-state index >= 15 is 0 Å². The summed E-state index contributed by atoms with van der Waals surface area (Å²) < 4.78 is 0. The molecule has 1 aromatic carbocycles. The predicted octanol–water partition coefficient (Wildman–Crippen LogP) is 3.20. The number of rotatable bonds is 2. The minimum Gasteiger partial charge on any atom is -0.289 e. The number of hydrogen-bond acceptors (Lipinski definition) is 2. The molecule has 0 aromatic heterocycles. The molecular formula is C15H14O2. The monoisotopic (exact) mass is 226 g/mol. The minimum absolute atomic E-state index is 0.0786. The molecule has 0 atom stereocenters. The van der Waals surface area contributed by atoms with Crippen molar-refractivity contribution >= 4 is 11.6 Å². The Balaban J connectivity index is 2.60. The zero-order valence-corrected chi connectivity index (χ0v) is 9.99. The van der Waals surface area contributed by atoms with Crippen LogP contribution in [0.25, 0.3) is 0 Å². The van der Waals surface area contributed by atoms with Gasteiger partial charge in [-0.15, -0.1) is 6.58 Å². The number of carbonyl (C=O) groups is 2. The highest BCUT2D eigenvalue weighted by molar-refractivity contribution is 6.25. The van der Waals surface area contributed by atoms with E-state index in [2.05, 4.69) is 6.58 Å². The Morgan fingerprint density at radius 1 is 1.12 bits per heavy atom. The van der Waals surface area contributed by atoms with E-state index in [4.69, 9.17) is 0 Å². The minimum atomic E-state index is -0.486. The Kier molecular flexibility index (Phi) is 2.58. The summed E-state index contributed by atoms with van der Waals surface area (Å²) in [6, 6.07) is 6.92. The van der Waals surface area contributed by atoms with Crippen LogP contribution in [0.2, 0.25) is 0 Å². The summed E-state index contributed by atoms with van der Waals surface area (Å²) in [4.78, 5) is 24.2. The molecule has 0 saturated carbocycles. The topological polar surface area (TPSA) is 34.1 Å². The lowest BCUT2D eigenvalue weighted by molar-refractivity contribution is 0.0970. The van der Waals surface area contributed by atoms with Crippen LogP contribution in [0.3, 0.4) is 0 Å². The Bertz CT molecular complexity index is 548. The van der Waals surface area contributed by atoms with Crippen LogP contribution in [0.15, 0.2) is 48.6 Å². The number of benzene rings is 1. The summed E-state index contributed by atoms with van der Waals surface area (Å²) in [6.45, 7) is 7.48. The smallest absolute Gasteiger partial charge is 0.190 e. The van der Waals surface area contributed by atoms with Crippen molar-refractivity contribution in [1.82, 2.24) is 0 Å². The van der Waals surface area contributed by atoms with E-state index in [0.717, 1.165) is 0 Å². The second-order valence-corrected chi connectivity index (χ2v) is 4.72. The fourth-order valence-electron chi connectivity index (χ4n) is 1.90. The lowest BCUT2D eigenvalue weighted by atomic mass is 9.76. The van der Waals surface area contributed by atoms with Crippen molar-refractivity contribution < 1.29 is 9.59 Å². The molecular weight excluding hydrogens is 212 g/mol. The van der Waals surface area contributed by atoms with Gasteiger partial charge in [0, 0.05) is 22.1 Å². The largest absolute Gasteiger partial charge is 0.289 e. The summed E-state index contributed by atoms with van der Waals surface area (Å²) >= 11 is 0. The number of Topliss-reactive ketones (excluding diaryl/α,β-unsaturated/α-hetero) is 1. The van der Waals surface area contributed by atoms with Crippen LogP contribution in [0.5, 0.6) is 0 Å². The highest BCUT2D eigenvalue weighted by Gasteiger charge is 2.32. The van der Waals surface area contributed by atoms with E-state index < -0.39 is 5.41 Å². The van der Waals surface area contributed by atoms with Gasteiger partial charge in [-0.05, 0) is 6.08 Å². The van der Waals surface area contributed by atoms with Crippen LogP contribution in [-0.2, 0) is 0 Å². The zero-order chi connectivity index (χ0) is 12.6. The quantitative estimate of drug-likeness (QED) is 0.726. The molecule has 0 unspecified atom stereocenters. The van der Waals surface area contributed by atoms with E-state index in [9.17, 15) is 9.59 Å². The van der Waals surface area contributed by atoms with Gasteiger partial charge in [0.15, 0.2) is 11.6 Å². The fraction of sp³-hybridized carbons (Fsp3) is 0.200. The van der Waals surface area contributed by atoms with Crippen molar-refractivity contribution in [2.45, 2.75) is 13.8 Å². The maximum absolute atomic E-state index is 12.3. The Morgan fingerprint density at radius 2 is 1.71 bits per heavy atom. The molecule has 0 saturated heterocycles. The van der Waals surface area contributed by atoms with E-state index in [0.29, 0.717) is 16.7 Å². The molecule has 0 radical (unpaired) electrons. The van der Waals surface area contributed by atoms with Gasteiger partial charge < -0.3 is 0 Å². The second-order valence-electron chi connectivity index (χ2n) is 4.72. The summed E-state index contributed by atoms with van der Waals surface area (Å²) in [5.41, 5.74) is 1.00. The van der Waals surface area contributed by atoms with Gasteiger partial charge in [-0.3, -0.25) is 9.59 Å². The van der Waals surface area contributed by atoms with Crippen molar-refractivity contribution in [1.29, 1.82) is 0 Å². The van der Waals surface area contributed by atoms with E-state index in [-0.39, 0.29) is 11.6 Å². The molecule has 2 heteroatoms. The van der Waals surface area contributed by atoms with Crippen molar-refractivity contribution in [2.24, 2.45) is 5.41 Å². The number of ketones is 2. The summed E-state index contributed by atoms with van der Waals surface area (Å²) in [6.07, 6.45) is 3.13. The molecule has 2 rings (SSSR count). The molecule has 0 heterocycles. The number of carbonyl (C=O) groups excluding carboxylic acids is 2. The maximum atomic E-state index is 12.3. The lowest BCUT2D eigenvalue weighted by Crippen LogP contribution is -2.25. The SMILES string of the molecule is C=CC(C)(C)C1=CC(=O)c2ccccc2C1=O. The van der Waals surface area contributed by atoms with Crippen LogP contribution in [0.4, 0.5) is 0 Å². The normalized spacial score (nSPS) is 15.3. The zero-order valence-electron chi connectivity index (χ0n) is 9.99. The van der Waals surface area contributed by atoms with Gasteiger partial charge in [-0.25, -0.2) is 0 Å². The first-order valence-electron chi connectivity index (χ1n) is 5.51. The molecule has 0 aliphatic heterocycles. The van der Waals surface area contributed by atoms with E-state index in [1.807, 2.05) is 13.8 Å². The third-order valence-corrected chi connectivity index (χ3v) is 3.16. The van der Waals surface area contributed by atoms with Crippen LogP contribution in [0, 0.1) is 5.41 Å². The first-order valence-corrected chi connectivity index (χ1v) is 5.51. The molecule has 0 amide bonds. The predicted molar refractivity (Wildman–Crippen MR) is 67.2 cm³/mol. The average molecular weight is 226 g/mol. The maximum Gasteiger partial charge on any atom is 0.190 e. The first-order chi connectivity index (χ1) is 7.97. The average Bonchev–Trinajstić information content (AvgIpc) is 2.33. The highest BCUT2D eigenvalue weighted by atomic mass is 16.1. The van der Waals surface area contributed by atoms with E-state index in [1.54, 1.807) is 30.3 Å². The van der Waals surface area contributed by atoms with Gasteiger partial charge in [0.2, 0.25) is 0 Å². The molecule has 1 aliphatic rings. The molecule has 17 heavy (non-hydrogen) atoms. The van der Waals surface area contributed by atoms with Crippen molar-refractivity contribution in [3.63, 3.8) is 0 Å². The molecule has 0 spiro atoms. The summed E-state index contributed by atoms with van der Waals surface area (Å²) in [7, 11) is 0. The molecule has 0 N–H and O–H groups in total. The van der Waals surface area contributed by atoms with E-state index in [1.165, 1.54) is 6.08 Å². The van der Waals surface area contributed by atoms with Crippen molar-refractivity contribution in [3.05, 3.63) is 59.7 Å². The Labute approximate surface area is 101 Å². The highest BCUT2D eigenvalue weighted by Crippen LogP contribution is 2.34. The van der Waals surface area contributed by atoms with Gasteiger partial charge in [0.05, 0.1) is 0 Å². The van der Waals surface area contributed by atoms with Gasteiger partial charge in [-0.1, -0.05) is 44.2 Å². The lowest BCUT2D eigenvalue weighted by Gasteiger charge is -2.26. The van der Waals surface area contributed by atoms with Gasteiger partial charge in [-0.2, -0.15) is 0 Å². The van der Waals surface area contributed by atoms with Crippen LogP contribution >= 0.6 is 0 Å². The van der Waals surface area contributed by atoms with Gasteiger partial charge >= 0.3 is 0 Å². The third kappa shape index (κ3) is 1.76. The van der Waals surface area contributed by atoms with Crippen LogP contribution in [-0.4, -0.2) is 11.6 Å². The van der Waals surface area contributed by atoms with Crippen LogP contribution < -0.4 is 0 Å². The fourth-order valence-corrected chi connectivity index (χ4v) is 1.90. The molecule has 2 nitrogen and oxygen atoms in total. The first kappa shape index (κ1) is 11.5. The molecule has 86 valence electrons. The summed E-state index contributed by atoms with van der Waals surface area (Å²) in [5.74, 6) is -0.185. The standard InChI is InChI=1S/C15H14O2/c1-4-15(2,3)12-9-13(16)10-7-5-6-8-11(10)14(12)17/h4-9H,1H2,2-3H3. The molecule has 1 aliphatic carbocycles. The van der Waals surface area contributed by atoms with Crippen molar-refractivity contribution in [2.75, 3.05) is 0 Å². The Hall–Kier alpha value is -1.96. The number of hydrogen-bond donors (Lipinski definition) is 0. The van der Waals surface area contributed by atoms with Crippen LogP contribution in [0.1, 0.15) is 34.6 Å². The Morgan fingerprint density at radius 3 is 2.29 bits per heavy atom.